The summed E-state index contributed by atoms with van der Waals surface area (Å²) >= 11 is 5.37. The van der Waals surface area contributed by atoms with Crippen molar-refractivity contribution in [3.63, 3.8) is 0 Å². The molecule has 0 bridgehead atoms. The second kappa shape index (κ2) is 6.40. The van der Waals surface area contributed by atoms with Crippen molar-refractivity contribution >= 4 is 32.9 Å². The highest BCUT2D eigenvalue weighted by molar-refractivity contribution is 9.09. The topological polar surface area (TPSA) is 28.5 Å². The van der Waals surface area contributed by atoms with Gasteiger partial charge in [0.1, 0.15) is 0 Å². The van der Waals surface area contributed by atoms with E-state index in [-0.39, 0.29) is 0 Å². The second-order valence-corrected chi connectivity index (χ2v) is 5.93. The van der Waals surface area contributed by atoms with E-state index in [2.05, 4.69) is 43.9 Å². The van der Waals surface area contributed by atoms with Gasteiger partial charge in [0.25, 0.3) is 0 Å². The maximum absolute atomic E-state index is 4.56. The Morgan fingerprint density at radius 2 is 2.41 bits per heavy atom. The van der Waals surface area contributed by atoms with Gasteiger partial charge in [0.15, 0.2) is 5.17 Å². The molecule has 0 saturated carbocycles. The maximum atomic E-state index is 4.56. The Morgan fingerprint density at radius 3 is 3.06 bits per heavy atom. The van der Waals surface area contributed by atoms with Gasteiger partial charge in [-0.05, 0) is 12.1 Å². The Kier molecular flexibility index (Phi) is 4.86. The molecule has 1 aliphatic heterocycles. The smallest absolute Gasteiger partial charge is 0.159 e. The summed E-state index contributed by atoms with van der Waals surface area (Å²) < 4.78 is 0. The molecular weight excluding hydrogens is 298 g/mol. The Balaban J connectivity index is 1.80. The molecule has 2 heterocycles. The molecule has 1 aromatic rings. The van der Waals surface area contributed by atoms with Gasteiger partial charge in [0, 0.05) is 42.5 Å². The molecule has 0 spiro atoms. The molecule has 92 valence electrons. The van der Waals surface area contributed by atoms with E-state index in [9.17, 15) is 0 Å². The normalized spacial score (nSPS) is 19.2. The molecule has 3 nitrogen and oxygen atoms in total. The zero-order valence-electron chi connectivity index (χ0n) is 9.84. The summed E-state index contributed by atoms with van der Waals surface area (Å²) in [7, 11) is 2.10. The molecule has 0 N–H and O–H groups in total. The molecule has 2 rings (SSSR count). The number of aromatic nitrogens is 1. The van der Waals surface area contributed by atoms with Gasteiger partial charge in [-0.25, -0.2) is 0 Å². The number of likely N-dealkylation sites (N-methyl/N-ethyl adjacent to an activating group) is 1. The first kappa shape index (κ1) is 12.9. The van der Waals surface area contributed by atoms with Crippen LogP contribution in [0.15, 0.2) is 29.4 Å². The highest BCUT2D eigenvalue weighted by atomic mass is 79.9. The first-order valence-electron chi connectivity index (χ1n) is 5.67. The van der Waals surface area contributed by atoms with Crippen LogP contribution in [0.5, 0.6) is 0 Å². The molecule has 0 fully saturated rings. The highest BCUT2D eigenvalue weighted by Gasteiger charge is 2.20. The van der Waals surface area contributed by atoms with E-state index in [0.717, 1.165) is 35.7 Å². The van der Waals surface area contributed by atoms with E-state index in [0.29, 0.717) is 5.25 Å². The van der Waals surface area contributed by atoms with Crippen LogP contribution in [0.1, 0.15) is 5.69 Å². The Hall–Kier alpha value is -0.550. The van der Waals surface area contributed by atoms with Crippen LogP contribution in [-0.2, 0) is 6.42 Å². The van der Waals surface area contributed by atoms with Crippen LogP contribution in [0.25, 0.3) is 0 Å². The standard InChI is InChI=1S/C12H16BrN3S/c1-16(12-15-9-11(8-13)17-12)7-5-10-4-2-3-6-14-10/h2-4,6,11H,5,7-9H2,1H3. The maximum Gasteiger partial charge on any atom is 0.159 e. The molecule has 0 radical (unpaired) electrons. The molecule has 1 unspecified atom stereocenters. The number of nitrogens with zero attached hydrogens (tertiary/aromatic N) is 3. The van der Waals surface area contributed by atoms with E-state index < -0.39 is 0 Å². The van der Waals surface area contributed by atoms with E-state index in [1.54, 1.807) is 0 Å². The molecule has 0 aromatic carbocycles. The van der Waals surface area contributed by atoms with Crippen molar-refractivity contribution in [1.82, 2.24) is 9.88 Å². The first-order valence-corrected chi connectivity index (χ1v) is 7.68. The lowest BCUT2D eigenvalue weighted by molar-refractivity contribution is 0.514. The fraction of sp³-hybridized carbons (Fsp3) is 0.500. The van der Waals surface area contributed by atoms with Gasteiger partial charge in [-0.2, -0.15) is 0 Å². The summed E-state index contributed by atoms with van der Waals surface area (Å²) in [6.07, 6.45) is 2.81. The number of halogens is 1. The molecule has 0 aliphatic carbocycles. The van der Waals surface area contributed by atoms with Crippen LogP contribution in [0, 0.1) is 0 Å². The van der Waals surface area contributed by atoms with Crippen molar-refractivity contribution in [2.45, 2.75) is 11.7 Å². The number of thioether (sulfide) groups is 1. The number of aliphatic imine (C=N–C) groups is 1. The van der Waals surface area contributed by atoms with Crippen LogP contribution in [-0.4, -0.2) is 45.8 Å². The van der Waals surface area contributed by atoms with E-state index in [1.165, 1.54) is 0 Å². The SMILES string of the molecule is CN(CCc1ccccn1)C1=NCC(CBr)S1. The second-order valence-electron chi connectivity index (χ2n) is 4.01. The number of pyridine rings is 1. The van der Waals surface area contributed by atoms with E-state index in [4.69, 9.17) is 0 Å². The average Bonchev–Trinajstić information content (AvgIpc) is 2.86. The summed E-state index contributed by atoms with van der Waals surface area (Å²) in [5, 5.41) is 2.77. The number of rotatable bonds is 4. The third-order valence-electron chi connectivity index (χ3n) is 2.63. The molecule has 0 amide bonds. The largest absolute Gasteiger partial charge is 0.354 e. The summed E-state index contributed by atoms with van der Waals surface area (Å²) in [5.41, 5.74) is 1.14. The molecular formula is C12H16BrN3S. The third kappa shape index (κ3) is 3.71. The molecule has 17 heavy (non-hydrogen) atoms. The van der Waals surface area contributed by atoms with Gasteiger partial charge in [-0.3, -0.25) is 9.98 Å². The van der Waals surface area contributed by atoms with Crippen molar-refractivity contribution in [3.05, 3.63) is 30.1 Å². The quantitative estimate of drug-likeness (QED) is 0.799. The van der Waals surface area contributed by atoms with Crippen molar-refractivity contribution in [2.75, 3.05) is 25.5 Å². The Labute approximate surface area is 115 Å². The first-order chi connectivity index (χ1) is 8.29. The highest BCUT2D eigenvalue weighted by Crippen LogP contribution is 2.24. The van der Waals surface area contributed by atoms with Gasteiger partial charge in [-0.15, -0.1) is 0 Å². The molecule has 5 heteroatoms. The van der Waals surface area contributed by atoms with Gasteiger partial charge in [-0.1, -0.05) is 33.8 Å². The van der Waals surface area contributed by atoms with Gasteiger partial charge >= 0.3 is 0 Å². The van der Waals surface area contributed by atoms with E-state index in [1.807, 2.05) is 30.1 Å². The number of amidine groups is 1. The fourth-order valence-electron chi connectivity index (χ4n) is 1.62. The van der Waals surface area contributed by atoms with Crippen molar-refractivity contribution < 1.29 is 0 Å². The van der Waals surface area contributed by atoms with Crippen LogP contribution in [0.2, 0.25) is 0 Å². The van der Waals surface area contributed by atoms with Gasteiger partial charge in [0.2, 0.25) is 0 Å². The van der Waals surface area contributed by atoms with E-state index >= 15 is 0 Å². The minimum Gasteiger partial charge on any atom is -0.354 e. The zero-order valence-corrected chi connectivity index (χ0v) is 12.2. The van der Waals surface area contributed by atoms with Crippen molar-refractivity contribution in [1.29, 1.82) is 0 Å². The molecule has 1 atom stereocenters. The average molecular weight is 314 g/mol. The predicted octanol–water partition coefficient (Wildman–Crippen LogP) is 2.42. The molecule has 1 aromatic heterocycles. The minimum absolute atomic E-state index is 0.599. The van der Waals surface area contributed by atoms with Crippen LogP contribution >= 0.6 is 27.7 Å². The number of hydrogen-bond acceptors (Lipinski definition) is 4. The van der Waals surface area contributed by atoms with Crippen LogP contribution in [0.3, 0.4) is 0 Å². The summed E-state index contributed by atoms with van der Waals surface area (Å²) in [6, 6.07) is 6.05. The Morgan fingerprint density at radius 1 is 1.53 bits per heavy atom. The Bertz CT molecular complexity index is 383. The number of alkyl halides is 1. The number of hydrogen-bond donors (Lipinski definition) is 0. The van der Waals surface area contributed by atoms with Gasteiger partial charge < -0.3 is 4.90 Å². The summed E-state index contributed by atoms with van der Waals surface area (Å²) in [6.45, 7) is 1.90. The van der Waals surface area contributed by atoms with Crippen LogP contribution in [0.4, 0.5) is 0 Å². The summed E-state index contributed by atoms with van der Waals surface area (Å²) in [4.78, 5) is 11.1. The third-order valence-corrected chi connectivity index (χ3v) is 5.14. The van der Waals surface area contributed by atoms with Gasteiger partial charge in [0.05, 0.1) is 6.54 Å². The minimum atomic E-state index is 0.599. The van der Waals surface area contributed by atoms with Crippen molar-refractivity contribution in [2.24, 2.45) is 4.99 Å². The molecule has 0 saturated heterocycles. The summed E-state index contributed by atoms with van der Waals surface area (Å²) in [5.74, 6) is 0. The van der Waals surface area contributed by atoms with Crippen molar-refractivity contribution in [3.8, 4) is 0 Å². The predicted molar refractivity (Wildman–Crippen MR) is 78.0 cm³/mol. The lowest BCUT2D eigenvalue weighted by atomic mass is 10.2. The van der Waals surface area contributed by atoms with Crippen LogP contribution < -0.4 is 0 Å². The zero-order chi connectivity index (χ0) is 12.1. The molecule has 1 aliphatic rings. The monoisotopic (exact) mass is 313 g/mol. The lowest BCUT2D eigenvalue weighted by Crippen LogP contribution is -2.26. The fourth-order valence-corrected chi connectivity index (χ4v) is 3.15. The lowest BCUT2D eigenvalue weighted by Gasteiger charge is -2.18.